The Hall–Kier alpha value is -0.220. The maximum Gasteiger partial charge on any atom is 0.225 e. The molecule has 0 spiro atoms. The molecule has 0 bridgehead atoms. The Kier molecular flexibility index (Phi) is 3.34. The van der Waals surface area contributed by atoms with Gasteiger partial charge in [-0.25, -0.2) is 0 Å². The Morgan fingerprint density at radius 2 is 2.50 bits per heavy atom. The third-order valence-electron chi connectivity index (χ3n) is 2.68. The molecule has 1 aromatic heterocycles. The van der Waals surface area contributed by atoms with E-state index in [0.717, 1.165) is 5.25 Å². The molecule has 14 heavy (non-hydrogen) atoms. The quantitative estimate of drug-likeness (QED) is 0.802. The van der Waals surface area contributed by atoms with Gasteiger partial charge in [0.25, 0.3) is 0 Å². The van der Waals surface area contributed by atoms with E-state index < -0.39 is 0 Å². The molecular weight excluding hydrogens is 218 g/mol. The minimum absolute atomic E-state index is 0.515. The van der Waals surface area contributed by atoms with Gasteiger partial charge in [0.05, 0.1) is 0 Å². The summed E-state index contributed by atoms with van der Waals surface area (Å²) in [6, 6.07) is 0.515. The van der Waals surface area contributed by atoms with Crippen LogP contribution in [0, 0.1) is 0 Å². The van der Waals surface area contributed by atoms with Crippen molar-refractivity contribution in [1.29, 1.82) is 0 Å². The summed E-state index contributed by atoms with van der Waals surface area (Å²) in [5, 5.41) is 8.94. The molecule has 1 aliphatic carbocycles. The lowest BCUT2D eigenvalue weighted by Crippen LogP contribution is -2.05. The largest absolute Gasteiger partial charge is 0.301 e. The normalized spacial score (nSPS) is 27.0. The topological polar surface area (TPSA) is 30.7 Å². The van der Waals surface area contributed by atoms with Crippen LogP contribution in [0.3, 0.4) is 0 Å². The van der Waals surface area contributed by atoms with Gasteiger partial charge in [-0.15, -0.1) is 10.2 Å². The highest BCUT2D eigenvalue weighted by Crippen LogP contribution is 2.37. The summed E-state index contributed by atoms with van der Waals surface area (Å²) in [5.74, 6) is 1.20. The first kappa shape index (κ1) is 10.3. The molecule has 0 amide bonds. The van der Waals surface area contributed by atoms with Gasteiger partial charge in [-0.05, 0) is 36.6 Å². The highest BCUT2D eigenvalue weighted by Gasteiger charge is 2.26. The SMILES string of the molecule is CCSC1CCC(n2cnnc2Cl)C1. The van der Waals surface area contributed by atoms with E-state index >= 15 is 0 Å². The zero-order chi connectivity index (χ0) is 9.97. The molecule has 2 unspecified atom stereocenters. The maximum absolute atomic E-state index is 5.93. The molecule has 1 aromatic rings. The highest BCUT2D eigenvalue weighted by molar-refractivity contribution is 7.99. The monoisotopic (exact) mass is 231 g/mol. The average Bonchev–Trinajstić information content (AvgIpc) is 2.74. The lowest BCUT2D eigenvalue weighted by Gasteiger charge is -2.11. The van der Waals surface area contributed by atoms with E-state index in [0.29, 0.717) is 11.3 Å². The van der Waals surface area contributed by atoms with Crippen molar-refractivity contribution >= 4 is 23.4 Å². The molecule has 0 N–H and O–H groups in total. The summed E-state index contributed by atoms with van der Waals surface area (Å²) in [5.41, 5.74) is 0. The standard InChI is InChI=1S/C9H14ClN3S/c1-2-14-8-4-3-7(5-8)13-6-11-12-9(13)10/h6-8H,2-5H2,1H3. The minimum atomic E-state index is 0.515. The van der Waals surface area contributed by atoms with Crippen molar-refractivity contribution in [1.82, 2.24) is 14.8 Å². The Morgan fingerprint density at radius 1 is 1.64 bits per heavy atom. The van der Waals surface area contributed by atoms with Crippen LogP contribution in [0.1, 0.15) is 32.2 Å². The molecule has 0 saturated heterocycles. The number of hydrogen-bond donors (Lipinski definition) is 0. The third-order valence-corrected chi connectivity index (χ3v) is 4.19. The van der Waals surface area contributed by atoms with Gasteiger partial charge in [-0.2, -0.15) is 11.8 Å². The summed E-state index contributed by atoms with van der Waals surface area (Å²) in [6.07, 6.45) is 5.44. The number of rotatable bonds is 3. The van der Waals surface area contributed by atoms with Gasteiger partial charge in [0.2, 0.25) is 5.28 Å². The highest BCUT2D eigenvalue weighted by atomic mass is 35.5. The molecule has 2 rings (SSSR count). The van der Waals surface area contributed by atoms with Crippen LogP contribution in [0.5, 0.6) is 0 Å². The second-order valence-corrected chi connectivity index (χ2v) is 5.47. The summed E-state index contributed by atoms with van der Waals surface area (Å²) >= 11 is 7.98. The van der Waals surface area contributed by atoms with Crippen molar-refractivity contribution in [3.05, 3.63) is 11.6 Å². The fraction of sp³-hybridized carbons (Fsp3) is 0.778. The van der Waals surface area contributed by atoms with E-state index in [4.69, 9.17) is 11.6 Å². The van der Waals surface area contributed by atoms with Crippen LogP contribution < -0.4 is 0 Å². The van der Waals surface area contributed by atoms with Crippen LogP contribution >= 0.6 is 23.4 Å². The predicted octanol–water partition coefficient (Wildman–Crippen LogP) is 2.78. The third kappa shape index (κ3) is 2.06. The van der Waals surface area contributed by atoms with Crippen molar-refractivity contribution in [3.63, 3.8) is 0 Å². The zero-order valence-corrected chi connectivity index (χ0v) is 9.76. The summed E-state index contributed by atoms with van der Waals surface area (Å²) in [4.78, 5) is 0. The van der Waals surface area contributed by atoms with Crippen LogP contribution in [-0.2, 0) is 0 Å². The summed E-state index contributed by atoms with van der Waals surface area (Å²) in [7, 11) is 0. The number of hydrogen-bond acceptors (Lipinski definition) is 3. The molecule has 1 saturated carbocycles. The molecule has 0 radical (unpaired) electrons. The van der Waals surface area contributed by atoms with E-state index in [2.05, 4.69) is 17.1 Å². The zero-order valence-electron chi connectivity index (χ0n) is 8.19. The molecule has 1 heterocycles. The summed E-state index contributed by atoms with van der Waals surface area (Å²) in [6.45, 7) is 2.21. The average molecular weight is 232 g/mol. The smallest absolute Gasteiger partial charge is 0.225 e. The Labute approximate surface area is 93.2 Å². The molecule has 1 aliphatic rings. The first-order chi connectivity index (χ1) is 6.81. The van der Waals surface area contributed by atoms with Gasteiger partial charge >= 0.3 is 0 Å². The van der Waals surface area contributed by atoms with Crippen LogP contribution in [0.4, 0.5) is 0 Å². The Bertz CT molecular complexity index is 302. The second-order valence-electron chi connectivity index (χ2n) is 3.55. The van der Waals surface area contributed by atoms with Crippen molar-refractivity contribution in [2.75, 3.05) is 5.75 Å². The second kappa shape index (κ2) is 4.53. The van der Waals surface area contributed by atoms with E-state index in [9.17, 15) is 0 Å². The molecule has 0 aliphatic heterocycles. The van der Waals surface area contributed by atoms with Crippen LogP contribution in [0.2, 0.25) is 5.28 Å². The molecule has 1 fully saturated rings. The molecule has 3 nitrogen and oxygen atoms in total. The number of aromatic nitrogens is 3. The van der Waals surface area contributed by atoms with E-state index in [1.165, 1.54) is 25.0 Å². The maximum atomic E-state index is 5.93. The van der Waals surface area contributed by atoms with Gasteiger partial charge in [0, 0.05) is 11.3 Å². The number of nitrogens with zero attached hydrogens (tertiary/aromatic N) is 3. The molecule has 2 atom stereocenters. The fourth-order valence-electron chi connectivity index (χ4n) is 2.03. The van der Waals surface area contributed by atoms with Crippen molar-refractivity contribution in [3.8, 4) is 0 Å². The van der Waals surface area contributed by atoms with Gasteiger partial charge in [-0.1, -0.05) is 6.92 Å². The van der Waals surface area contributed by atoms with Crippen molar-refractivity contribution in [2.24, 2.45) is 0 Å². The van der Waals surface area contributed by atoms with Gasteiger partial charge in [0.1, 0.15) is 6.33 Å². The van der Waals surface area contributed by atoms with Crippen LogP contribution in [-0.4, -0.2) is 25.8 Å². The van der Waals surface area contributed by atoms with Gasteiger partial charge < -0.3 is 4.57 Å². The summed E-state index contributed by atoms with van der Waals surface area (Å²) < 4.78 is 2.00. The molecule has 78 valence electrons. The van der Waals surface area contributed by atoms with E-state index in [1.54, 1.807) is 6.33 Å². The van der Waals surface area contributed by atoms with E-state index in [-0.39, 0.29) is 0 Å². The molecular formula is C9H14ClN3S. The Morgan fingerprint density at radius 3 is 3.14 bits per heavy atom. The lowest BCUT2D eigenvalue weighted by atomic mass is 10.2. The lowest BCUT2D eigenvalue weighted by molar-refractivity contribution is 0.518. The number of thioether (sulfide) groups is 1. The Balaban J connectivity index is 1.99. The van der Waals surface area contributed by atoms with Crippen LogP contribution in [0.25, 0.3) is 0 Å². The molecule has 5 heteroatoms. The predicted molar refractivity (Wildman–Crippen MR) is 59.8 cm³/mol. The fourth-order valence-corrected chi connectivity index (χ4v) is 3.39. The van der Waals surface area contributed by atoms with Crippen molar-refractivity contribution < 1.29 is 0 Å². The minimum Gasteiger partial charge on any atom is -0.301 e. The number of halogens is 1. The first-order valence-electron chi connectivity index (χ1n) is 4.98. The van der Waals surface area contributed by atoms with Crippen molar-refractivity contribution in [2.45, 2.75) is 37.5 Å². The van der Waals surface area contributed by atoms with Gasteiger partial charge in [0.15, 0.2) is 0 Å². The van der Waals surface area contributed by atoms with Crippen LogP contribution in [0.15, 0.2) is 6.33 Å². The van der Waals surface area contributed by atoms with E-state index in [1.807, 2.05) is 16.3 Å². The molecule has 0 aromatic carbocycles. The van der Waals surface area contributed by atoms with Gasteiger partial charge in [-0.3, -0.25) is 0 Å². The first-order valence-corrected chi connectivity index (χ1v) is 6.40.